The van der Waals surface area contributed by atoms with Crippen molar-refractivity contribution >= 4 is 27.2 Å². The number of hydrogen-bond acceptors (Lipinski definition) is 8. The average molecular weight is 547 g/mol. The van der Waals surface area contributed by atoms with Crippen LogP contribution in [0.2, 0.25) is 0 Å². The highest BCUT2D eigenvalue weighted by Crippen LogP contribution is 2.48. The minimum atomic E-state index is -3.00. The molecular weight excluding hydrogens is 514 g/mol. The summed E-state index contributed by atoms with van der Waals surface area (Å²) >= 11 is 0. The molecule has 8 nitrogen and oxygen atoms in total. The maximum atomic E-state index is 15.4. The van der Waals surface area contributed by atoms with Crippen molar-refractivity contribution < 1.29 is 27.3 Å². The van der Waals surface area contributed by atoms with Gasteiger partial charge in [0.05, 0.1) is 38.8 Å². The highest BCUT2D eigenvalue weighted by atomic mass is 32.2. The highest BCUT2D eigenvalue weighted by molar-refractivity contribution is 7.96. The Labute approximate surface area is 221 Å². The van der Waals surface area contributed by atoms with Crippen LogP contribution in [0, 0.1) is 11.6 Å². The number of ketones is 1. The maximum Gasteiger partial charge on any atom is 0.312 e. The molecule has 2 aromatic heterocycles. The van der Waals surface area contributed by atoms with E-state index in [-0.39, 0.29) is 29.9 Å². The molecule has 3 atom stereocenters. The lowest BCUT2D eigenvalue weighted by molar-refractivity contribution is -0.153. The Kier molecular flexibility index (Phi) is 7.05. The molecule has 2 aromatic rings. The van der Waals surface area contributed by atoms with Gasteiger partial charge in [0.1, 0.15) is 34.2 Å². The first kappa shape index (κ1) is 27.9. The summed E-state index contributed by atoms with van der Waals surface area (Å²) in [6.45, 7) is 10.7. The summed E-state index contributed by atoms with van der Waals surface area (Å²) in [7, 11) is -3.00. The van der Waals surface area contributed by atoms with E-state index in [9.17, 15) is 18.2 Å². The molecule has 11 heteroatoms. The number of carbonyl (C=O) groups is 2. The fraction of sp³-hybridized carbons (Fsp3) is 0.519. The van der Waals surface area contributed by atoms with Crippen molar-refractivity contribution in [2.24, 2.45) is 9.36 Å². The van der Waals surface area contributed by atoms with Crippen molar-refractivity contribution in [3.05, 3.63) is 59.2 Å². The number of aromatic nitrogens is 2. The van der Waals surface area contributed by atoms with Crippen molar-refractivity contribution in [1.82, 2.24) is 9.97 Å². The molecule has 0 aromatic carbocycles. The molecule has 0 aliphatic carbocycles. The molecule has 0 amide bonds. The molecule has 38 heavy (non-hydrogen) atoms. The van der Waals surface area contributed by atoms with Crippen LogP contribution >= 0.6 is 0 Å². The molecule has 0 bridgehead atoms. The number of halogens is 2. The second kappa shape index (κ2) is 9.59. The lowest BCUT2D eigenvalue weighted by Gasteiger charge is -2.45. The number of pyridine rings is 2. The largest absolute Gasteiger partial charge is 0.460 e. The van der Waals surface area contributed by atoms with Crippen LogP contribution in [0.4, 0.5) is 8.78 Å². The molecule has 2 aliphatic rings. The molecule has 0 fully saturated rings. The summed E-state index contributed by atoms with van der Waals surface area (Å²) in [5.74, 6) is -2.19. The molecule has 4 heterocycles. The normalized spacial score (nSPS) is 26.2. The Bertz CT molecular complexity index is 1440. The Morgan fingerprint density at radius 2 is 1.82 bits per heavy atom. The van der Waals surface area contributed by atoms with Gasteiger partial charge in [0, 0.05) is 18.0 Å². The van der Waals surface area contributed by atoms with Crippen molar-refractivity contribution in [3.8, 4) is 0 Å². The van der Waals surface area contributed by atoms with Gasteiger partial charge in [-0.3, -0.25) is 24.5 Å². The van der Waals surface area contributed by atoms with Gasteiger partial charge < -0.3 is 4.74 Å². The Hall–Kier alpha value is -3.08. The predicted molar refractivity (Wildman–Crippen MR) is 140 cm³/mol. The van der Waals surface area contributed by atoms with Gasteiger partial charge in [0.25, 0.3) is 0 Å². The van der Waals surface area contributed by atoms with E-state index in [1.807, 2.05) is 0 Å². The summed E-state index contributed by atoms with van der Waals surface area (Å²) in [5, 5.41) is -0.654. The van der Waals surface area contributed by atoms with Gasteiger partial charge in [-0.05, 0) is 72.2 Å². The van der Waals surface area contributed by atoms with Crippen LogP contribution in [-0.4, -0.2) is 53.8 Å². The number of nitrogens with zero attached hydrogens (tertiary/aromatic N) is 4. The highest BCUT2D eigenvalue weighted by Gasteiger charge is 2.58. The third kappa shape index (κ3) is 5.00. The van der Waals surface area contributed by atoms with E-state index >= 15 is 4.39 Å². The first-order valence-corrected chi connectivity index (χ1v) is 14.0. The fourth-order valence-electron chi connectivity index (χ4n) is 5.02. The summed E-state index contributed by atoms with van der Waals surface area (Å²) in [5.41, 5.74) is -1.58. The standard InChI is InChI=1S/C27H32F2N4O4S/c1-25(2,3)37-23(35)14-21-26(4,5)38(36)22(11-12-31-38)27(6,33-21)24-18(29)9-8-17(32-24)13-20(34)19-10-7-16(28)15-30-19/h7-10,15,22H,11-14H2,1-6H3/t22-,27+,38+/m1/s1. The van der Waals surface area contributed by atoms with Gasteiger partial charge >= 0.3 is 5.97 Å². The van der Waals surface area contributed by atoms with Gasteiger partial charge in [-0.1, -0.05) is 0 Å². The van der Waals surface area contributed by atoms with Gasteiger partial charge in [0.15, 0.2) is 5.78 Å². The number of esters is 1. The Balaban J connectivity index is 1.78. The quantitative estimate of drug-likeness (QED) is 0.387. The molecule has 4 rings (SSSR count). The van der Waals surface area contributed by atoms with Gasteiger partial charge in [-0.2, -0.15) is 0 Å². The number of Topliss-reactive ketones (excluding diaryl/α,β-unsaturated/α-hetero) is 1. The Morgan fingerprint density at radius 3 is 2.45 bits per heavy atom. The van der Waals surface area contributed by atoms with Crippen molar-refractivity contribution in [1.29, 1.82) is 0 Å². The number of rotatable bonds is 6. The third-order valence-electron chi connectivity index (χ3n) is 6.95. The molecular formula is C27H32F2N4O4S. The van der Waals surface area contributed by atoms with E-state index in [4.69, 9.17) is 9.73 Å². The molecule has 2 aliphatic heterocycles. The number of fused-ring (bicyclic) bond motifs is 1. The summed E-state index contributed by atoms with van der Waals surface area (Å²) in [6, 6.07) is 4.99. The number of carbonyl (C=O) groups excluding carboxylic acids is 2. The first-order chi connectivity index (χ1) is 17.6. The van der Waals surface area contributed by atoms with E-state index in [2.05, 4.69) is 14.3 Å². The number of aliphatic imine (C=N–C) groups is 1. The van der Waals surface area contributed by atoms with Crippen molar-refractivity contribution in [2.45, 2.75) is 81.9 Å². The zero-order chi connectivity index (χ0) is 28.1. The van der Waals surface area contributed by atoms with Crippen LogP contribution in [0.5, 0.6) is 0 Å². The summed E-state index contributed by atoms with van der Waals surface area (Å²) < 4.78 is 52.0. The van der Waals surface area contributed by atoms with E-state index in [1.54, 1.807) is 41.5 Å². The topological polar surface area (TPSA) is 111 Å². The fourth-order valence-corrected chi connectivity index (χ4v) is 8.28. The van der Waals surface area contributed by atoms with Crippen LogP contribution in [-0.2, 0) is 31.2 Å². The predicted octanol–water partition coefficient (Wildman–Crippen LogP) is 4.60. The maximum absolute atomic E-state index is 15.4. The molecule has 0 unspecified atom stereocenters. The zero-order valence-electron chi connectivity index (χ0n) is 22.4. The van der Waals surface area contributed by atoms with Gasteiger partial charge in [0.2, 0.25) is 0 Å². The van der Waals surface area contributed by atoms with Crippen molar-refractivity contribution in [3.63, 3.8) is 0 Å². The van der Waals surface area contributed by atoms with Crippen molar-refractivity contribution in [2.75, 3.05) is 6.54 Å². The second-order valence-electron chi connectivity index (χ2n) is 11.3. The average Bonchev–Trinajstić information content (AvgIpc) is 3.23. The van der Waals surface area contributed by atoms with Crippen LogP contribution < -0.4 is 0 Å². The van der Waals surface area contributed by atoms with Crippen LogP contribution in [0.15, 0.2) is 39.8 Å². The first-order valence-electron chi connectivity index (χ1n) is 12.4. The molecule has 204 valence electrons. The number of ether oxygens (including phenoxy) is 1. The molecule has 0 radical (unpaired) electrons. The number of hydrogen-bond donors (Lipinski definition) is 0. The summed E-state index contributed by atoms with van der Waals surface area (Å²) in [6.07, 6.45) is 0.927. The van der Waals surface area contributed by atoms with Gasteiger partial charge in [-0.15, -0.1) is 0 Å². The van der Waals surface area contributed by atoms with E-state index in [1.165, 1.54) is 18.2 Å². The third-order valence-corrected chi connectivity index (χ3v) is 10.7. The second-order valence-corrected chi connectivity index (χ2v) is 14.3. The molecule has 0 saturated heterocycles. The van der Waals surface area contributed by atoms with E-state index < -0.39 is 54.3 Å². The van der Waals surface area contributed by atoms with Crippen LogP contribution in [0.25, 0.3) is 0 Å². The minimum absolute atomic E-state index is 0.0555. The van der Waals surface area contributed by atoms with E-state index in [0.29, 0.717) is 18.7 Å². The monoisotopic (exact) mass is 546 g/mol. The lowest BCUT2D eigenvalue weighted by Crippen LogP contribution is -2.56. The SMILES string of the molecule is CC(C)(C)OC(=O)CC1=N[C@](C)(c2nc(CC(=O)c3ccc(F)cn3)ccc2F)[C@H]2CCN=[S@@]2(=O)C1(C)C. The minimum Gasteiger partial charge on any atom is -0.460 e. The lowest BCUT2D eigenvalue weighted by atomic mass is 9.88. The summed E-state index contributed by atoms with van der Waals surface area (Å²) in [4.78, 5) is 38.7. The van der Waals surface area contributed by atoms with Crippen LogP contribution in [0.3, 0.4) is 0 Å². The molecule has 0 saturated carbocycles. The van der Waals surface area contributed by atoms with E-state index in [0.717, 1.165) is 12.3 Å². The zero-order valence-corrected chi connectivity index (χ0v) is 23.2. The Morgan fingerprint density at radius 1 is 1.11 bits per heavy atom. The molecule has 0 N–H and O–H groups in total. The van der Waals surface area contributed by atoms with Crippen LogP contribution in [0.1, 0.15) is 76.3 Å². The smallest absolute Gasteiger partial charge is 0.312 e. The molecule has 0 spiro atoms. The van der Waals surface area contributed by atoms with Gasteiger partial charge in [-0.25, -0.2) is 17.4 Å².